The van der Waals surface area contributed by atoms with Crippen molar-refractivity contribution < 1.29 is 4.42 Å². The van der Waals surface area contributed by atoms with Gasteiger partial charge in [-0.05, 0) is 76.9 Å². The van der Waals surface area contributed by atoms with Crippen molar-refractivity contribution in [3.63, 3.8) is 0 Å². The third kappa shape index (κ3) is 4.57. The number of pyridine rings is 2. The van der Waals surface area contributed by atoms with Crippen molar-refractivity contribution in [2.24, 2.45) is 0 Å². The van der Waals surface area contributed by atoms with Crippen LogP contribution in [0.3, 0.4) is 0 Å². The van der Waals surface area contributed by atoms with Crippen LogP contribution in [0.15, 0.2) is 192 Å². The van der Waals surface area contributed by atoms with Crippen LogP contribution in [-0.2, 0) is 0 Å². The van der Waals surface area contributed by atoms with E-state index in [0.717, 1.165) is 77.4 Å². The molecule has 0 aliphatic carbocycles. The van der Waals surface area contributed by atoms with E-state index in [1.54, 1.807) is 0 Å². The van der Waals surface area contributed by atoms with Gasteiger partial charge in [-0.15, -0.1) is 0 Å². The van der Waals surface area contributed by atoms with Crippen LogP contribution in [0, 0.1) is 0 Å². The Hall–Kier alpha value is -7.82. The summed E-state index contributed by atoms with van der Waals surface area (Å²) in [5, 5.41) is 9.55. The number of para-hydroxylation sites is 3. The number of rotatable bonds is 4. The minimum Gasteiger partial charge on any atom is -0.456 e. The Morgan fingerprint density at radius 2 is 0.776 bits per heavy atom. The monoisotopic (exact) mass is 737 g/mol. The average molecular weight is 738 g/mol. The molecule has 13 aromatic rings. The highest BCUT2D eigenvalue weighted by molar-refractivity contribution is 6.24. The number of benzene rings is 8. The van der Waals surface area contributed by atoms with E-state index in [4.69, 9.17) is 14.4 Å². The second-order valence-electron chi connectivity index (χ2n) is 15.4. The summed E-state index contributed by atoms with van der Waals surface area (Å²) in [6, 6.07) is 67.2. The Labute approximate surface area is 332 Å². The van der Waals surface area contributed by atoms with Gasteiger partial charge in [0.25, 0.3) is 0 Å². The highest BCUT2D eigenvalue weighted by atomic mass is 16.3. The van der Waals surface area contributed by atoms with Crippen molar-refractivity contribution in [1.82, 2.24) is 14.4 Å². The molecule has 0 unspecified atom stereocenters. The first-order valence-electron chi connectivity index (χ1n) is 19.7. The van der Waals surface area contributed by atoms with Crippen LogP contribution in [-0.4, -0.2) is 14.4 Å². The molecule has 58 heavy (non-hydrogen) atoms. The molecule has 0 saturated heterocycles. The Morgan fingerprint density at radius 3 is 1.38 bits per heavy atom. The van der Waals surface area contributed by atoms with E-state index in [2.05, 4.69) is 180 Å². The third-order valence-corrected chi connectivity index (χ3v) is 12.1. The fourth-order valence-corrected chi connectivity index (χ4v) is 9.28. The van der Waals surface area contributed by atoms with Gasteiger partial charge < -0.3 is 8.82 Å². The van der Waals surface area contributed by atoms with Gasteiger partial charge >= 0.3 is 0 Å². The van der Waals surface area contributed by atoms with Crippen LogP contribution in [0.4, 0.5) is 0 Å². The van der Waals surface area contributed by atoms with E-state index in [-0.39, 0.29) is 0 Å². The summed E-state index contributed by atoms with van der Waals surface area (Å²) in [4.78, 5) is 10.5. The second-order valence-corrected chi connectivity index (χ2v) is 15.4. The van der Waals surface area contributed by atoms with Crippen LogP contribution < -0.4 is 0 Å². The smallest absolute Gasteiger partial charge is 0.135 e. The minimum atomic E-state index is 0.903. The van der Waals surface area contributed by atoms with Gasteiger partial charge in [-0.1, -0.05) is 133 Å². The van der Waals surface area contributed by atoms with Crippen molar-refractivity contribution in [1.29, 1.82) is 0 Å². The van der Waals surface area contributed by atoms with Gasteiger partial charge in [0.05, 0.1) is 39.0 Å². The van der Waals surface area contributed by atoms with Crippen LogP contribution in [0.2, 0.25) is 0 Å². The van der Waals surface area contributed by atoms with Crippen molar-refractivity contribution in [3.8, 4) is 44.8 Å². The van der Waals surface area contributed by atoms with E-state index in [0.29, 0.717) is 0 Å². The summed E-state index contributed by atoms with van der Waals surface area (Å²) in [6.07, 6.45) is 0. The van der Waals surface area contributed by atoms with E-state index < -0.39 is 0 Å². The van der Waals surface area contributed by atoms with E-state index >= 15 is 0 Å². The molecular formula is C54H31N3O. The number of nitrogens with zero attached hydrogens (tertiary/aromatic N) is 3. The van der Waals surface area contributed by atoms with Gasteiger partial charge in [0.1, 0.15) is 11.2 Å². The zero-order valence-electron chi connectivity index (χ0n) is 31.1. The summed E-state index contributed by atoms with van der Waals surface area (Å²) < 4.78 is 8.49. The van der Waals surface area contributed by atoms with Crippen molar-refractivity contribution in [2.75, 3.05) is 0 Å². The Morgan fingerprint density at radius 1 is 0.328 bits per heavy atom. The first-order chi connectivity index (χ1) is 28.7. The van der Waals surface area contributed by atoms with Crippen LogP contribution in [0.25, 0.3) is 127 Å². The van der Waals surface area contributed by atoms with Gasteiger partial charge in [0.15, 0.2) is 0 Å². The Kier molecular flexibility index (Phi) is 6.41. The fraction of sp³-hybridized carbons (Fsp3) is 0. The molecule has 0 aliphatic rings. The molecule has 0 N–H and O–H groups in total. The maximum Gasteiger partial charge on any atom is 0.135 e. The fourth-order valence-electron chi connectivity index (χ4n) is 9.28. The van der Waals surface area contributed by atoms with Crippen LogP contribution >= 0.6 is 0 Å². The molecule has 8 aromatic carbocycles. The first-order valence-corrected chi connectivity index (χ1v) is 19.7. The zero-order chi connectivity index (χ0) is 37.9. The standard InChI is InChI=1S/C54H31N3O/c1-4-10-48-40(7-1)44-30-39(31-45-41-8-2-5-11-49(41)57(48)54(44)45)33-15-19-35(20-16-33)47-27-24-37-22-21-36-23-26-46(55-52(36)53(37)56-47)34-17-13-32(14-18-34)38-25-28-51-43(29-38)42-9-3-6-12-50(42)58-51/h1-31H. The topological polar surface area (TPSA) is 43.3 Å². The van der Waals surface area contributed by atoms with E-state index in [1.165, 1.54) is 49.2 Å². The minimum absolute atomic E-state index is 0.903. The quantitative estimate of drug-likeness (QED) is 0.169. The number of hydrogen-bond acceptors (Lipinski definition) is 3. The number of fused-ring (bicyclic) bond motifs is 12. The molecule has 0 atom stereocenters. The average Bonchev–Trinajstić information content (AvgIpc) is 3.95. The summed E-state index contributed by atoms with van der Waals surface area (Å²) in [5.41, 5.74) is 16.1. The van der Waals surface area contributed by atoms with Crippen LogP contribution in [0.5, 0.6) is 0 Å². The zero-order valence-corrected chi connectivity index (χ0v) is 31.1. The maximum atomic E-state index is 6.06. The maximum absolute atomic E-state index is 6.06. The molecule has 0 aliphatic heterocycles. The molecule has 13 rings (SSSR count). The number of furan rings is 1. The second kappa shape index (κ2) is 11.8. The molecule has 0 spiro atoms. The van der Waals surface area contributed by atoms with Crippen molar-refractivity contribution in [3.05, 3.63) is 188 Å². The van der Waals surface area contributed by atoms with Gasteiger partial charge in [-0.3, -0.25) is 0 Å². The normalized spacial score (nSPS) is 12.1. The molecule has 0 saturated carbocycles. The van der Waals surface area contributed by atoms with Gasteiger partial charge in [0.2, 0.25) is 0 Å². The predicted molar refractivity (Wildman–Crippen MR) is 241 cm³/mol. The highest BCUT2D eigenvalue weighted by Gasteiger charge is 2.19. The molecule has 0 fully saturated rings. The molecule has 5 heterocycles. The van der Waals surface area contributed by atoms with Crippen molar-refractivity contribution in [2.45, 2.75) is 0 Å². The summed E-state index contributed by atoms with van der Waals surface area (Å²) >= 11 is 0. The van der Waals surface area contributed by atoms with E-state index in [1.807, 2.05) is 12.1 Å². The number of hydrogen-bond donors (Lipinski definition) is 0. The van der Waals surface area contributed by atoms with E-state index in [9.17, 15) is 0 Å². The predicted octanol–water partition coefficient (Wildman–Crippen LogP) is 14.5. The Balaban J connectivity index is 0.855. The SMILES string of the molecule is c1ccc2c(c1)oc1ccc(-c3ccc(-c4ccc5ccc6ccc(-c7ccc(-c8cc9c%10ccccc%10n%10c%11ccccc%11c(c8)c9%10)cc7)nc6c5n4)cc3)cc12. The summed E-state index contributed by atoms with van der Waals surface area (Å²) in [6.45, 7) is 0. The largest absolute Gasteiger partial charge is 0.456 e. The lowest BCUT2D eigenvalue weighted by Gasteiger charge is -2.10. The lowest BCUT2D eigenvalue weighted by molar-refractivity contribution is 0.669. The van der Waals surface area contributed by atoms with Gasteiger partial charge in [-0.25, -0.2) is 9.97 Å². The third-order valence-electron chi connectivity index (χ3n) is 12.1. The molecule has 4 nitrogen and oxygen atoms in total. The molecule has 5 aromatic heterocycles. The Bertz CT molecular complexity index is 3700. The highest BCUT2D eigenvalue weighted by Crippen LogP contribution is 2.42. The molecule has 0 amide bonds. The van der Waals surface area contributed by atoms with Gasteiger partial charge in [0, 0.05) is 54.2 Å². The lowest BCUT2D eigenvalue weighted by Crippen LogP contribution is -1.91. The first kappa shape index (κ1) is 31.4. The van der Waals surface area contributed by atoms with Gasteiger partial charge in [-0.2, -0.15) is 0 Å². The summed E-state index contributed by atoms with van der Waals surface area (Å²) in [7, 11) is 0. The molecule has 0 bridgehead atoms. The molecule has 0 radical (unpaired) electrons. The summed E-state index contributed by atoms with van der Waals surface area (Å²) in [5.74, 6) is 0. The number of aromatic nitrogens is 3. The lowest BCUT2D eigenvalue weighted by atomic mass is 9.98. The van der Waals surface area contributed by atoms with Crippen molar-refractivity contribution >= 4 is 81.8 Å². The molecular weight excluding hydrogens is 707 g/mol. The van der Waals surface area contributed by atoms with Crippen LogP contribution in [0.1, 0.15) is 0 Å². The molecule has 4 heteroatoms. The molecule has 268 valence electrons.